The molecule has 14 heavy (non-hydrogen) atoms. The van der Waals surface area contributed by atoms with Crippen molar-refractivity contribution in [2.45, 2.75) is 6.10 Å². The van der Waals surface area contributed by atoms with E-state index in [-0.39, 0.29) is 12.7 Å². The van der Waals surface area contributed by atoms with Crippen molar-refractivity contribution in [3.8, 4) is 0 Å². The second-order valence-electron chi connectivity index (χ2n) is 2.71. The molecule has 0 aromatic heterocycles. The van der Waals surface area contributed by atoms with Crippen LogP contribution in [0.3, 0.4) is 0 Å². The van der Waals surface area contributed by atoms with Gasteiger partial charge in [0.25, 0.3) is 0 Å². The molecule has 0 bridgehead atoms. The Balaban J connectivity index is 2.58. The van der Waals surface area contributed by atoms with Crippen LogP contribution in [0.4, 0.5) is 4.79 Å². The standard InChI is InChI=1S/C10H12O4/c1-13-9(7-14-10(11)12)8-5-3-2-4-6-8/h2-6,9H,7H2,1H3,(H,11,12). The van der Waals surface area contributed by atoms with E-state index >= 15 is 0 Å². The minimum Gasteiger partial charge on any atom is -0.450 e. The monoisotopic (exact) mass is 196 g/mol. The van der Waals surface area contributed by atoms with Crippen LogP contribution in [0.15, 0.2) is 30.3 Å². The van der Waals surface area contributed by atoms with Crippen LogP contribution in [-0.2, 0) is 9.47 Å². The summed E-state index contributed by atoms with van der Waals surface area (Å²) >= 11 is 0. The molecule has 4 nitrogen and oxygen atoms in total. The first-order valence-corrected chi connectivity index (χ1v) is 4.17. The molecular weight excluding hydrogens is 184 g/mol. The fourth-order valence-electron chi connectivity index (χ4n) is 1.12. The van der Waals surface area contributed by atoms with Crippen LogP contribution < -0.4 is 0 Å². The Morgan fingerprint density at radius 3 is 2.57 bits per heavy atom. The van der Waals surface area contributed by atoms with E-state index in [1.54, 1.807) is 0 Å². The molecule has 0 aliphatic heterocycles. The van der Waals surface area contributed by atoms with Crippen LogP contribution in [0, 0.1) is 0 Å². The maximum atomic E-state index is 10.2. The molecule has 0 amide bonds. The summed E-state index contributed by atoms with van der Waals surface area (Å²) in [7, 11) is 1.52. The Kier molecular flexibility index (Phi) is 3.94. The number of methoxy groups -OCH3 is 1. The zero-order chi connectivity index (χ0) is 10.4. The number of carboxylic acid groups (broad SMARTS) is 1. The summed E-state index contributed by atoms with van der Waals surface area (Å²) in [5.74, 6) is 0. The quantitative estimate of drug-likeness (QED) is 0.749. The van der Waals surface area contributed by atoms with Gasteiger partial charge in [-0.2, -0.15) is 0 Å². The Labute approximate surface area is 82.1 Å². The van der Waals surface area contributed by atoms with E-state index < -0.39 is 6.16 Å². The summed E-state index contributed by atoms with van der Waals surface area (Å²) in [4.78, 5) is 10.2. The smallest absolute Gasteiger partial charge is 0.450 e. The van der Waals surface area contributed by atoms with Crippen molar-refractivity contribution < 1.29 is 19.4 Å². The third-order valence-corrected chi connectivity index (χ3v) is 1.81. The molecule has 1 atom stereocenters. The molecule has 0 fully saturated rings. The summed E-state index contributed by atoms with van der Waals surface area (Å²) in [5, 5.41) is 8.33. The van der Waals surface area contributed by atoms with Crippen molar-refractivity contribution in [3.63, 3.8) is 0 Å². The zero-order valence-electron chi connectivity index (χ0n) is 7.84. The number of ether oxygens (including phenoxy) is 2. The van der Waals surface area contributed by atoms with Gasteiger partial charge in [0.05, 0.1) is 0 Å². The largest absolute Gasteiger partial charge is 0.505 e. The predicted octanol–water partition coefficient (Wildman–Crippen LogP) is 2.07. The average Bonchev–Trinajstić information content (AvgIpc) is 2.20. The SMILES string of the molecule is COC(COC(=O)O)c1ccccc1. The molecule has 0 spiro atoms. The molecule has 1 rings (SSSR count). The molecule has 1 aromatic carbocycles. The second kappa shape index (κ2) is 5.24. The number of hydrogen-bond donors (Lipinski definition) is 1. The van der Waals surface area contributed by atoms with Crippen molar-refractivity contribution in [3.05, 3.63) is 35.9 Å². The highest BCUT2D eigenvalue weighted by molar-refractivity contribution is 5.56. The van der Waals surface area contributed by atoms with E-state index in [1.807, 2.05) is 30.3 Å². The van der Waals surface area contributed by atoms with E-state index in [0.29, 0.717) is 0 Å². The molecule has 0 saturated carbocycles. The Morgan fingerprint density at radius 2 is 2.07 bits per heavy atom. The zero-order valence-corrected chi connectivity index (χ0v) is 7.84. The Hall–Kier alpha value is -1.55. The van der Waals surface area contributed by atoms with Crippen molar-refractivity contribution in [2.24, 2.45) is 0 Å². The molecule has 0 aliphatic carbocycles. The lowest BCUT2D eigenvalue weighted by molar-refractivity contribution is 0.0157. The molecule has 1 N–H and O–H groups in total. The first-order chi connectivity index (χ1) is 6.74. The van der Waals surface area contributed by atoms with E-state index in [9.17, 15) is 4.79 Å². The van der Waals surface area contributed by atoms with Crippen LogP contribution in [-0.4, -0.2) is 25.0 Å². The van der Waals surface area contributed by atoms with Gasteiger partial charge in [-0.15, -0.1) is 0 Å². The highest BCUT2D eigenvalue weighted by Crippen LogP contribution is 2.16. The van der Waals surface area contributed by atoms with Crippen molar-refractivity contribution in [2.75, 3.05) is 13.7 Å². The molecule has 1 unspecified atom stereocenters. The van der Waals surface area contributed by atoms with Gasteiger partial charge in [-0.3, -0.25) is 0 Å². The van der Waals surface area contributed by atoms with Gasteiger partial charge in [0.15, 0.2) is 0 Å². The van der Waals surface area contributed by atoms with Crippen molar-refractivity contribution >= 4 is 6.16 Å². The third kappa shape index (κ3) is 3.06. The minimum absolute atomic E-state index is 0.00977. The minimum atomic E-state index is -1.29. The third-order valence-electron chi connectivity index (χ3n) is 1.81. The Bertz CT molecular complexity index is 283. The number of benzene rings is 1. The molecule has 76 valence electrons. The molecule has 0 aliphatic rings. The first-order valence-electron chi connectivity index (χ1n) is 4.17. The number of carbonyl (C=O) groups is 1. The summed E-state index contributed by atoms with van der Waals surface area (Å²) in [6.07, 6.45) is -1.63. The van der Waals surface area contributed by atoms with Crippen LogP contribution >= 0.6 is 0 Å². The average molecular weight is 196 g/mol. The summed E-state index contributed by atoms with van der Waals surface area (Å²) < 4.78 is 9.54. The van der Waals surface area contributed by atoms with E-state index in [0.717, 1.165) is 5.56 Å². The van der Waals surface area contributed by atoms with Gasteiger partial charge in [-0.05, 0) is 5.56 Å². The normalized spacial score (nSPS) is 12.1. The highest BCUT2D eigenvalue weighted by atomic mass is 16.7. The van der Waals surface area contributed by atoms with Gasteiger partial charge in [0, 0.05) is 7.11 Å². The van der Waals surface area contributed by atoms with Gasteiger partial charge in [0.2, 0.25) is 0 Å². The van der Waals surface area contributed by atoms with Gasteiger partial charge in [-0.25, -0.2) is 4.79 Å². The molecule has 4 heteroatoms. The van der Waals surface area contributed by atoms with Crippen LogP contribution in [0.5, 0.6) is 0 Å². The first kappa shape index (κ1) is 10.5. The lowest BCUT2D eigenvalue weighted by atomic mass is 10.1. The van der Waals surface area contributed by atoms with Gasteiger partial charge >= 0.3 is 6.16 Å². The summed E-state index contributed by atoms with van der Waals surface area (Å²) in [6, 6.07) is 9.33. The molecule has 0 saturated heterocycles. The summed E-state index contributed by atoms with van der Waals surface area (Å²) in [5.41, 5.74) is 0.899. The Morgan fingerprint density at radius 1 is 1.43 bits per heavy atom. The second-order valence-corrected chi connectivity index (χ2v) is 2.71. The molecule has 0 heterocycles. The number of hydrogen-bond acceptors (Lipinski definition) is 3. The van der Waals surface area contributed by atoms with Crippen molar-refractivity contribution in [1.29, 1.82) is 0 Å². The van der Waals surface area contributed by atoms with Crippen molar-refractivity contribution in [1.82, 2.24) is 0 Å². The summed E-state index contributed by atoms with van der Waals surface area (Å²) in [6.45, 7) is 0.00977. The van der Waals surface area contributed by atoms with Crippen LogP contribution in [0.2, 0.25) is 0 Å². The fourth-order valence-corrected chi connectivity index (χ4v) is 1.12. The van der Waals surface area contributed by atoms with Gasteiger partial charge in [-0.1, -0.05) is 30.3 Å². The van der Waals surface area contributed by atoms with Gasteiger partial charge in [0.1, 0.15) is 12.7 Å². The predicted molar refractivity (Wildman–Crippen MR) is 50.2 cm³/mol. The van der Waals surface area contributed by atoms with E-state index in [4.69, 9.17) is 9.84 Å². The van der Waals surface area contributed by atoms with E-state index in [2.05, 4.69) is 4.74 Å². The van der Waals surface area contributed by atoms with Crippen LogP contribution in [0.1, 0.15) is 11.7 Å². The highest BCUT2D eigenvalue weighted by Gasteiger charge is 2.11. The number of rotatable bonds is 4. The van der Waals surface area contributed by atoms with Crippen LogP contribution in [0.25, 0.3) is 0 Å². The molecule has 0 radical (unpaired) electrons. The lowest BCUT2D eigenvalue weighted by Gasteiger charge is -2.14. The van der Waals surface area contributed by atoms with Gasteiger partial charge < -0.3 is 14.6 Å². The van der Waals surface area contributed by atoms with E-state index in [1.165, 1.54) is 7.11 Å². The maximum absolute atomic E-state index is 10.2. The topological polar surface area (TPSA) is 55.8 Å². The lowest BCUT2D eigenvalue weighted by Crippen LogP contribution is -2.12. The maximum Gasteiger partial charge on any atom is 0.505 e. The molecule has 1 aromatic rings. The molecular formula is C10H12O4. The fraction of sp³-hybridized carbons (Fsp3) is 0.300.